The molecule has 0 aliphatic carbocycles. The Labute approximate surface area is 162 Å². The zero-order valence-electron chi connectivity index (χ0n) is 14.9. The van der Waals surface area contributed by atoms with E-state index in [2.05, 4.69) is 51.8 Å². The number of hydrogen-bond acceptors (Lipinski definition) is 2. The quantitative estimate of drug-likeness (QED) is 0.499. The number of aromatic nitrogens is 1. The fourth-order valence-electron chi connectivity index (χ4n) is 2.89. The molecule has 4 nitrogen and oxygen atoms in total. The number of nitrogens with zero attached hydrogens (tertiary/aromatic N) is 2. The Morgan fingerprint density at radius 1 is 1.15 bits per heavy atom. The molecule has 0 radical (unpaired) electrons. The Bertz CT molecular complexity index is 822. The molecular formula is C21H23BrN2O2. The molecule has 0 bridgehead atoms. The molecule has 2 aromatic heterocycles. The number of unbranched alkanes of at least 4 members (excludes halogenated alkanes) is 1. The van der Waals surface area contributed by atoms with Crippen molar-refractivity contribution in [2.45, 2.75) is 32.9 Å². The van der Waals surface area contributed by atoms with Crippen LogP contribution in [0.15, 0.2) is 69.9 Å². The highest BCUT2D eigenvalue weighted by Gasteiger charge is 2.19. The largest absolute Gasteiger partial charge is 0.459 e. The Hall–Kier alpha value is -2.27. The monoisotopic (exact) mass is 414 g/mol. The summed E-state index contributed by atoms with van der Waals surface area (Å²) in [5, 5.41) is 0. The van der Waals surface area contributed by atoms with Crippen molar-refractivity contribution in [3.8, 4) is 0 Å². The van der Waals surface area contributed by atoms with Crippen LogP contribution in [0.5, 0.6) is 0 Å². The predicted octanol–water partition coefficient (Wildman–Crippen LogP) is 5.33. The third kappa shape index (κ3) is 4.67. The van der Waals surface area contributed by atoms with Gasteiger partial charge in [-0.05, 0) is 48.4 Å². The maximum absolute atomic E-state index is 12.8. The van der Waals surface area contributed by atoms with Gasteiger partial charge in [0.25, 0.3) is 5.91 Å². The molecule has 0 unspecified atom stereocenters. The SMILES string of the molecule is CCCCN(Cc1cccn1Cc1ccc(Br)cc1)C(=O)c1ccco1. The topological polar surface area (TPSA) is 38.4 Å². The van der Waals surface area contributed by atoms with E-state index in [9.17, 15) is 4.79 Å². The average Bonchev–Trinajstić information content (AvgIpc) is 3.32. The molecule has 3 rings (SSSR count). The number of halogens is 1. The van der Waals surface area contributed by atoms with Crippen LogP contribution in [0.3, 0.4) is 0 Å². The van der Waals surface area contributed by atoms with E-state index in [0.717, 1.165) is 36.1 Å². The normalized spacial score (nSPS) is 10.8. The summed E-state index contributed by atoms with van der Waals surface area (Å²) in [4.78, 5) is 14.6. The lowest BCUT2D eigenvalue weighted by Gasteiger charge is -2.22. The van der Waals surface area contributed by atoms with Gasteiger partial charge in [-0.3, -0.25) is 4.79 Å². The van der Waals surface area contributed by atoms with Crippen LogP contribution >= 0.6 is 15.9 Å². The van der Waals surface area contributed by atoms with Crippen LogP contribution in [0, 0.1) is 0 Å². The number of hydrogen-bond donors (Lipinski definition) is 0. The second-order valence-electron chi connectivity index (χ2n) is 6.31. The summed E-state index contributed by atoms with van der Waals surface area (Å²) in [5.41, 5.74) is 2.34. The lowest BCUT2D eigenvalue weighted by molar-refractivity contribution is 0.0705. The minimum Gasteiger partial charge on any atom is -0.459 e. The molecule has 3 aromatic rings. The van der Waals surface area contributed by atoms with Gasteiger partial charge in [0, 0.05) is 29.5 Å². The highest BCUT2D eigenvalue weighted by atomic mass is 79.9. The van der Waals surface area contributed by atoms with Crippen molar-refractivity contribution in [2.24, 2.45) is 0 Å². The van der Waals surface area contributed by atoms with Crippen LogP contribution < -0.4 is 0 Å². The maximum atomic E-state index is 12.8. The van der Waals surface area contributed by atoms with E-state index in [0.29, 0.717) is 12.3 Å². The van der Waals surface area contributed by atoms with Gasteiger partial charge in [-0.25, -0.2) is 0 Å². The molecular weight excluding hydrogens is 392 g/mol. The summed E-state index contributed by atoms with van der Waals surface area (Å²) >= 11 is 3.47. The van der Waals surface area contributed by atoms with Crippen molar-refractivity contribution in [1.29, 1.82) is 0 Å². The molecule has 5 heteroatoms. The molecule has 2 heterocycles. The van der Waals surface area contributed by atoms with Crippen molar-refractivity contribution >= 4 is 21.8 Å². The van der Waals surface area contributed by atoms with E-state index in [-0.39, 0.29) is 5.91 Å². The number of amides is 1. The molecule has 0 atom stereocenters. The van der Waals surface area contributed by atoms with Crippen LogP contribution in [0.25, 0.3) is 0 Å². The van der Waals surface area contributed by atoms with Crippen molar-refractivity contribution in [1.82, 2.24) is 9.47 Å². The molecule has 0 fully saturated rings. The average molecular weight is 415 g/mol. The van der Waals surface area contributed by atoms with E-state index in [4.69, 9.17) is 4.42 Å². The first kappa shape index (κ1) is 18.5. The summed E-state index contributed by atoms with van der Waals surface area (Å²) in [7, 11) is 0. The van der Waals surface area contributed by atoms with Gasteiger partial charge in [-0.15, -0.1) is 0 Å². The predicted molar refractivity (Wildman–Crippen MR) is 106 cm³/mol. The standard InChI is InChI=1S/C21H23BrN2O2/c1-2-3-12-24(21(25)20-7-5-14-26-20)16-19-6-4-13-23(19)15-17-8-10-18(22)11-9-17/h4-11,13-14H,2-3,12,15-16H2,1H3. The smallest absolute Gasteiger partial charge is 0.289 e. The van der Waals surface area contributed by atoms with Crippen molar-refractivity contribution in [2.75, 3.05) is 6.54 Å². The van der Waals surface area contributed by atoms with Crippen molar-refractivity contribution in [3.63, 3.8) is 0 Å². The lowest BCUT2D eigenvalue weighted by Crippen LogP contribution is -2.32. The van der Waals surface area contributed by atoms with Crippen LogP contribution in [0.4, 0.5) is 0 Å². The van der Waals surface area contributed by atoms with Crippen LogP contribution in [-0.2, 0) is 13.1 Å². The van der Waals surface area contributed by atoms with Gasteiger partial charge in [0.2, 0.25) is 0 Å². The fraction of sp³-hybridized carbons (Fsp3) is 0.286. The summed E-state index contributed by atoms with van der Waals surface area (Å²) in [6, 6.07) is 15.9. The Morgan fingerprint density at radius 3 is 2.65 bits per heavy atom. The number of benzene rings is 1. The number of rotatable bonds is 8. The molecule has 0 aliphatic rings. The first-order chi connectivity index (χ1) is 12.7. The van der Waals surface area contributed by atoms with Crippen LogP contribution in [0.2, 0.25) is 0 Å². The van der Waals surface area contributed by atoms with Crippen molar-refractivity contribution < 1.29 is 9.21 Å². The molecule has 0 saturated carbocycles. The van der Waals surface area contributed by atoms with Gasteiger partial charge in [0.15, 0.2) is 5.76 Å². The van der Waals surface area contributed by atoms with Gasteiger partial charge < -0.3 is 13.9 Å². The number of carbonyl (C=O) groups excluding carboxylic acids is 1. The lowest BCUT2D eigenvalue weighted by atomic mass is 10.2. The van der Waals surface area contributed by atoms with E-state index in [1.807, 2.05) is 23.1 Å². The first-order valence-corrected chi connectivity index (χ1v) is 9.68. The number of carbonyl (C=O) groups is 1. The molecule has 0 spiro atoms. The fourth-order valence-corrected chi connectivity index (χ4v) is 3.15. The minimum atomic E-state index is -0.0557. The zero-order valence-corrected chi connectivity index (χ0v) is 16.5. The molecule has 0 aliphatic heterocycles. The Kier molecular flexibility index (Phi) is 6.34. The summed E-state index contributed by atoms with van der Waals surface area (Å²) in [5.74, 6) is 0.340. The van der Waals surface area contributed by atoms with Crippen molar-refractivity contribution in [3.05, 3.63) is 82.5 Å². The van der Waals surface area contributed by atoms with Gasteiger partial charge in [-0.2, -0.15) is 0 Å². The Morgan fingerprint density at radius 2 is 1.96 bits per heavy atom. The summed E-state index contributed by atoms with van der Waals surface area (Å²) < 4.78 is 8.58. The summed E-state index contributed by atoms with van der Waals surface area (Å²) in [6.45, 7) is 4.21. The van der Waals surface area contributed by atoms with Gasteiger partial charge in [0.05, 0.1) is 12.8 Å². The zero-order chi connectivity index (χ0) is 18.4. The molecule has 26 heavy (non-hydrogen) atoms. The molecule has 136 valence electrons. The number of furan rings is 1. The minimum absolute atomic E-state index is 0.0557. The first-order valence-electron chi connectivity index (χ1n) is 8.88. The molecule has 1 amide bonds. The third-order valence-electron chi connectivity index (χ3n) is 4.34. The summed E-state index contributed by atoms with van der Waals surface area (Å²) in [6.07, 6.45) is 5.62. The molecule has 1 aromatic carbocycles. The third-order valence-corrected chi connectivity index (χ3v) is 4.87. The van der Waals surface area contributed by atoms with Gasteiger partial charge in [0.1, 0.15) is 0 Å². The maximum Gasteiger partial charge on any atom is 0.289 e. The Balaban J connectivity index is 1.75. The highest BCUT2D eigenvalue weighted by Crippen LogP contribution is 2.16. The molecule has 0 saturated heterocycles. The van der Waals surface area contributed by atoms with Gasteiger partial charge >= 0.3 is 0 Å². The van der Waals surface area contributed by atoms with E-state index in [1.165, 1.54) is 5.56 Å². The van der Waals surface area contributed by atoms with E-state index < -0.39 is 0 Å². The second-order valence-corrected chi connectivity index (χ2v) is 7.23. The van der Waals surface area contributed by atoms with E-state index >= 15 is 0 Å². The molecule has 0 N–H and O–H groups in total. The van der Waals surface area contributed by atoms with Gasteiger partial charge in [-0.1, -0.05) is 41.4 Å². The van der Waals surface area contributed by atoms with Crippen LogP contribution in [0.1, 0.15) is 41.6 Å². The van der Waals surface area contributed by atoms with Crippen LogP contribution in [-0.4, -0.2) is 21.9 Å². The van der Waals surface area contributed by atoms with E-state index in [1.54, 1.807) is 18.4 Å². The highest BCUT2D eigenvalue weighted by molar-refractivity contribution is 9.10. The second kappa shape index (κ2) is 8.90.